The summed E-state index contributed by atoms with van der Waals surface area (Å²) in [5, 5.41) is 12.5. The highest BCUT2D eigenvalue weighted by atomic mass is 16.5. The Balaban J connectivity index is 1.67. The molecule has 0 radical (unpaired) electrons. The third-order valence-electron chi connectivity index (χ3n) is 4.63. The summed E-state index contributed by atoms with van der Waals surface area (Å²) >= 11 is 0. The predicted octanol–water partition coefficient (Wildman–Crippen LogP) is 3.21. The van der Waals surface area contributed by atoms with Crippen molar-refractivity contribution in [2.75, 3.05) is 19.0 Å². The Morgan fingerprint density at radius 2 is 1.79 bits per heavy atom. The van der Waals surface area contributed by atoms with Gasteiger partial charge in [-0.05, 0) is 30.5 Å². The maximum Gasteiger partial charge on any atom is 0.316 e. The molecule has 2 aromatic rings. The topological polar surface area (TPSA) is 84.3 Å². The Hall–Kier alpha value is -2.63. The molecule has 1 heterocycles. The molecule has 0 saturated heterocycles. The zero-order valence-electron chi connectivity index (χ0n) is 13.7. The molecule has 0 amide bonds. The summed E-state index contributed by atoms with van der Waals surface area (Å²) in [5.41, 5.74) is 2.15. The van der Waals surface area contributed by atoms with E-state index in [0.29, 0.717) is 12.8 Å². The van der Waals surface area contributed by atoms with Crippen molar-refractivity contribution in [1.82, 2.24) is 9.97 Å². The number of nitrogens with zero attached hydrogens (tertiary/aromatic N) is 2. The van der Waals surface area contributed by atoms with Crippen molar-refractivity contribution in [3.63, 3.8) is 0 Å². The number of carboxylic acid groups (broad SMARTS) is 1. The highest BCUT2D eigenvalue weighted by Crippen LogP contribution is 2.38. The molecule has 1 saturated carbocycles. The molecule has 0 spiro atoms. The number of ether oxygens (including phenoxy) is 1. The van der Waals surface area contributed by atoms with Gasteiger partial charge in [0.2, 0.25) is 0 Å². The summed E-state index contributed by atoms with van der Waals surface area (Å²) < 4.78 is 5.57. The number of hydrogen-bond acceptors (Lipinski definition) is 5. The van der Waals surface area contributed by atoms with Crippen molar-refractivity contribution in [3.8, 4) is 17.1 Å². The maximum absolute atomic E-state index is 11.5. The second-order valence-corrected chi connectivity index (χ2v) is 6.16. The zero-order valence-corrected chi connectivity index (χ0v) is 13.7. The monoisotopic (exact) mass is 327 g/mol. The van der Waals surface area contributed by atoms with E-state index in [-0.39, 0.29) is 12.6 Å². The van der Waals surface area contributed by atoms with E-state index < -0.39 is 11.4 Å². The van der Waals surface area contributed by atoms with Gasteiger partial charge in [-0.2, -0.15) is 0 Å². The van der Waals surface area contributed by atoms with Crippen molar-refractivity contribution in [1.29, 1.82) is 0 Å². The van der Waals surface area contributed by atoms with Gasteiger partial charge in [-0.1, -0.05) is 25.0 Å². The average Bonchev–Trinajstić information content (AvgIpc) is 3.11. The van der Waals surface area contributed by atoms with Crippen LogP contribution in [0.25, 0.3) is 11.1 Å². The third-order valence-corrected chi connectivity index (χ3v) is 4.63. The first-order valence-corrected chi connectivity index (χ1v) is 8.09. The van der Waals surface area contributed by atoms with Crippen LogP contribution in [0.5, 0.6) is 6.01 Å². The lowest BCUT2D eigenvalue weighted by Crippen LogP contribution is -2.34. The lowest BCUT2D eigenvalue weighted by Gasteiger charge is -2.22. The van der Waals surface area contributed by atoms with E-state index in [1.807, 2.05) is 31.3 Å². The molecule has 6 nitrogen and oxygen atoms in total. The van der Waals surface area contributed by atoms with Crippen molar-refractivity contribution in [2.24, 2.45) is 5.41 Å². The quantitative estimate of drug-likeness (QED) is 0.847. The highest BCUT2D eigenvalue weighted by molar-refractivity contribution is 5.75. The Labute approximate surface area is 140 Å². The first-order valence-electron chi connectivity index (χ1n) is 8.09. The number of hydrogen-bond donors (Lipinski definition) is 2. The number of carboxylic acids is 1. The van der Waals surface area contributed by atoms with Gasteiger partial charge in [0, 0.05) is 30.7 Å². The fraction of sp³-hybridized carbons (Fsp3) is 0.389. The summed E-state index contributed by atoms with van der Waals surface area (Å²) in [5.74, 6) is -0.791. The smallest absolute Gasteiger partial charge is 0.316 e. The van der Waals surface area contributed by atoms with Crippen LogP contribution in [0.1, 0.15) is 25.7 Å². The normalized spacial score (nSPS) is 15.9. The van der Waals surface area contributed by atoms with Gasteiger partial charge in [-0.3, -0.25) is 4.79 Å². The Morgan fingerprint density at radius 3 is 2.33 bits per heavy atom. The predicted molar refractivity (Wildman–Crippen MR) is 91.0 cm³/mol. The van der Waals surface area contributed by atoms with Crippen molar-refractivity contribution < 1.29 is 14.6 Å². The second-order valence-electron chi connectivity index (χ2n) is 6.16. The Morgan fingerprint density at radius 1 is 1.17 bits per heavy atom. The molecular weight excluding hydrogens is 306 g/mol. The van der Waals surface area contributed by atoms with Crippen molar-refractivity contribution in [3.05, 3.63) is 36.7 Å². The first kappa shape index (κ1) is 16.2. The number of nitrogens with one attached hydrogen (secondary N) is 1. The molecule has 0 aliphatic heterocycles. The van der Waals surface area contributed by atoms with Gasteiger partial charge in [0.05, 0.1) is 0 Å². The number of aliphatic carboxylic acids is 1. The molecule has 6 heteroatoms. The van der Waals surface area contributed by atoms with Gasteiger partial charge in [-0.15, -0.1) is 0 Å². The van der Waals surface area contributed by atoms with Crippen LogP contribution in [0.3, 0.4) is 0 Å². The van der Waals surface area contributed by atoms with Crippen molar-refractivity contribution in [2.45, 2.75) is 25.7 Å². The second kappa shape index (κ2) is 6.86. The van der Waals surface area contributed by atoms with Crippen LogP contribution in [-0.4, -0.2) is 34.7 Å². The van der Waals surface area contributed by atoms with Crippen LogP contribution in [0.2, 0.25) is 0 Å². The fourth-order valence-electron chi connectivity index (χ4n) is 3.04. The minimum atomic E-state index is -0.791. The van der Waals surface area contributed by atoms with E-state index in [1.54, 1.807) is 12.4 Å². The summed E-state index contributed by atoms with van der Waals surface area (Å²) in [7, 11) is 1.87. The highest BCUT2D eigenvalue weighted by Gasteiger charge is 2.42. The summed E-state index contributed by atoms with van der Waals surface area (Å²) in [6.07, 6.45) is 6.55. The first-order chi connectivity index (χ1) is 11.6. The number of carbonyl (C=O) groups is 1. The molecule has 1 aromatic heterocycles. The third kappa shape index (κ3) is 3.32. The van der Waals surface area contributed by atoms with Gasteiger partial charge in [-0.25, -0.2) is 9.97 Å². The van der Waals surface area contributed by atoms with Crippen LogP contribution in [-0.2, 0) is 4.79 Å². The molecule has 2 N–H and O–H groups in total. The van der Waals surface area contributed by atoms with Crippen LogP contribution in [0.15, 0.2) is 36.7 Å². The summed E-state index contributed by atoms with van der Waals surface area (Å²) in [6, 6.07) is 8.16. The SMILES string of the molecule is CNc1ccc(-c2cnc(OCC3(C(=O)O)CCCC3)nc2)cc1. The van der Waals surface area contributed by atoms with Crippen molar-refractivity contribution >= 4 is 11.7 Å². The fourth-order valence-corrected chi connectivity index (χ4v) is 3.04. The molecule has 0 atom stereocenters. The van der Waals surface area contributed by atoms with Crippen LogP contribution in [0.4, 0.5) is 5.69 Å². The van der Waals surface area contributed by atoms with E-state index in [2.05, 4.69) is 15.3 Å². The van der Waals surface area contributed by atoms with E-state index >= 15 is 0 Å². The molecule has 0 unspecified atom stereocenters. The van der Waals surface area contributed by atoms with E-state index in [0.717, 1.165) is 29.7 Å². The standard InChI is InChI=1S/C18H21N3O3/c1-19-15-6-4-13(5-7-15)14-10-20-17(21-11-14)24-12-18(16(22)23)8-2-3-9-18/h4-7,10-11,19H,2-3,8-9,12H2,1H3,(H,22,23). The van der Waals surface area contributed by atoms with E-state index in [9.17, 15) is 9.90 Å². The molecule has 24 heavy (non-hydrogen) atoms. The van der Waals surface area contributed by atoms with Crippen LogP contribution < -0.4 is 10.1 Å². The van der Waals surface area contributed by atoms with Gasteiger partial charge in [0.25, 0.3) is 0 Å². The number of benzene rings is 1. The zero-order chi connectivity index (χ0) is 17.0. The minimum absolute atomic E-state index is 0.124. The Bertz CT molecular complexity index is 692. The lowest BCUT2D eigenvalue weighted by molar-refractivity contribution is -0.150. The maximum atomic E-state index is 11.5. The molecule has 126 valence electrons. The molecule has 3 rings (SSSR count). The minimum Gasteiger partial charge on any atom is -0.481 e. The number of anilines is 1. The van der Waals surface area contributed by atoms with Crippen LogP contribution >= 0.6 is 0 Å². The van der Waals surface area contributed by atoms with Crippen LogP contribution in [0, 0.1) is 5.41 Å². The molecule has 1 aliphatic rings. The molecular formula is C18H21N3O3. The molecule has 1 aliphatic carbocycles. The molecule has 1 fully saturated rings. The van der Waals surface area contributed by atoms with Gasteiger partial charge in [0.15, 0.2) is 0 Å². The molecule has 1 aromatic carbocycles. The van der Waals surface area contributed by atoms with Gasteiger partial charge >= 0.3 is 12.0 Å². The molecule has 0 bridgehead atoms. The number of rotatable bonds is 6. The van der Waals surface area contributed by atoms with Gasteiger partial charge in [0.1, 0.15) is 12.0 Å². The van der Waals surface area contributed by atoms with E-state index in [1.165, 1.54) is 0 Å². The largest absolute Gasteiger partial charge is 0.481 e. The van der Waals surface area contributed by atoms with E-state index in [4.69, 9.17) is 4.74 Å². The number of aromatic nitrogens is 2. The summed E-state index contributed by atoms with van der Waals surface area (Å²) in [6.45, 7) is 0.124. The van der Waals surface area contributed by atoms with Gasteiger partial charge < -0.3 is 15.2 Å². The lowest BCUT2D eigenvalue weighted by atomic mass is 9.87. The summed E-state index contributed by atoms with van der Waals surface area (Å²) in [4.78, 5) is 19.9. The average molecular weight is 327 g/mol. The Kier molecular flexibility index (Phi) is 4.64.